The Balaban J connectivity index is 1.84. The van der Waals surface area contributed by atoms with E-state index < -0.39 is 18.8 Å². The standard InChI is InChI=1S/C10H14F3N5O/c1-6-16-17-8(18(6)7-2-3-7)4-14-9(19)15-5-10(11,12)13/h7H,2-5H2,1H3,(H2,14,15,19). The van der Waals surface area contributed by atoms with E-state index in [-0.39, 0.29) is 6.54 Å². The molecule has 1 saturated carbocycles. The van der Waals surface area contributed by atoms with E-state index in [0.717, 1.165) is 18.7 Å². The predicted molar refractivity (Wildman–Crippen MR) is 59.3 cm³/mol. The number of carbonyl (C=O) groups excluding carboxylic acids is 1. The van der Waals surface area contributed by atoms with Crippen molar-refractivity contribution in [3.05, 3.63) is 11.6 Å². The van der Waals surface area contributed by atoms with Crippen molar-refractivity contribution >= 4 is 6.03 Å². The monoisotopic (exact) mass is 277 g/mol. The lowest BCUT2D eigenvalue weighted by Crippen LogP contribution is -2.40. The first-order valence-corrected chi connectivity index (χ1v) is 5.85. The molecule has 1 aromatic rings. The first-order valence-electron chi connectivity index (χ1n) is 5.85. The number of aryl methyl sites for hydroxylation is 1. The maximum Gasteiger partial charge on any atom is 0.405 e. The first-order chi connectivity index (χ1) is 8.87. The molecule has 1 heterocycles. The van der Waals surface area contributed by atoms with Crippen LogP contribution >= 0.6 is 0 Å². The van der Waals surface area contributed by atoms with Crippen LogP contribution in [0.25, 0.3) is 0 Å². The summed E-state index contributed by atoms with van der Waals surface area (Å²) in [5.41, 5.74) is 0. The Hall–Kier alpha value is -1.80. The zero-order valence-electron chi connectivity index (χ0n) is 10.3. The molecule has 0 spiro atoms. The van der Waals surface area contributed by atoms with Crippen LogP contribution in [0.3, 0.4) is 0 Å². The molecule has 0 bridgehead atoms. The van der Waals surface area contributed by atoms with Gasteiger partial charge in [-0.05, 0) is 19.8 Å². The minimum absolute atomic E-state index is 0.0566. The molecule has 0 radical (unpaired) electrons. The number of nitrogens with one attached hydrogen (secondary N) is 2. The second kappa shape index (κ2) is 5.06. The lowest BCUT2D eigenvalue weighted by Gasteiger charge is -2.10. The SMILES string of the molecule is Cc1nnc(CNC(=O)NCC(F)(F)F)n1C1CC1. The molecule has 0 saturated heterocycles. The van der Waals surface area contributed by atoms with Crippen molar-refractivity contribution in [1.29, 1.82) is 0 Å². The number of rotatable bonds is 4. The molecule has 2 amide bonds. The number of halogens is 3. The Labute approximate surface area is 107 Å². The van der Waals surface area contributed by atoms with E-state index >= 15 is 0 Å². The average molecular weight is 277 g/mol. The van der Waals surface area contributed by atoms with Gasteiger partial charge in [0, 0.05) is 6.04 Å². The van der Waals surface area contributed by atoms with E-state index in [1.165, 1.54) is 0 Å². The summed E-state index contributed by atoms with van der Waals surface area (Å²) in [6.07, 6.45) is -2.35. The van der Waals surface area contributed by atoms with Crippen LogP contribution in [0.1, 0.15) is 30.5 Å². The molecule has 1 fully saturated rings. The van der Waals surface area contributed by atoms with Gasteiger partial charge < -0.3 is 15.2 Å². The summed E-state index contributed by atoms with van der Waals surface area (Å²) in [7, 11) is 0. The molecular formula is C10H14F3N5O. The van der Waals surface area contributed by atoms with E-state index in [4.69, 9.17) is 0 Å². The van der Waals surface area contributed by atoms with Crippen LogP contribution in [-0.4, -0.2) is 33.5 Å². The Kier molecular flexibility index (Phi) is 3.63. The third-order valence-electron chi connectivity index (χ3n) is 2.71. The highest BCUT2D eigenvalue weighted by Gasteiger charge is 2.29. The molecule has 1 aliphatic rings. The molecule has 0 atom stereocenters. The molecule has 1 aliphatic carbocycles. The van der Waals surface area contributed by atoms with Crippen molar-refractivity contribution in [3.63, 3.8) is 0 Å². The van der Waals surface area contributed by atoms with Crippen LogP contribution in [0.15, 0.2) is 0 Å². The Morgan fingerprint density at radius 3 is 2.63 bits per heavy atom. The van der Waals surface area contributed by atoms with Gasteiger partial charge in [-0.1, -0.05) is 0 Å². The molecule has 0 aromatic carbocycles. The van der Waals surface area contributed by atoms with E-state index in [9.17, 15) is 18.0 Å². The molecule has 106 valence electrons. The Bertz CT molecular complexity index is 466. The Morgan fingerprint density at radius 1 is 1.37 bits per heavy atom. The summed E-state index contributed by atoms with van der Waals surface area (Å²) in [5.74, 6) is 1.30. The number of amides is 2. The highest BCUT2D eigenvalue weighted by Crippen LogP contribution is 2.36. The summed E-state index contributed by atoms with van der Waals surface area (Å²) >= 11 is 0. The maximum absolute atomic E-state index is 11.9. The molecule has 0 aliphatic heterocycles. The third-order valence-corrected chi connectivity index (χ3v) is 2.71. The molecule has 2 N–H and O–H groups in total. The summed E-state index contributed by atoms with van der Waals surface area (Å²) < 4.78 is 37.6. The highest BCUT2D eigenvalue weighted by atomic mass is 19.4. The van der Waals surface area contributed by atoms with E-state index in [1.807, 2.05) is 4.57 Å². The molecule has 1 aromatic heterocycles. The quantitative estimate of drug-likeness (QED) is 0.871. The van der Waals surface area contributed by atoms with E-state index in [1.54, 1.807) is 12.2 Å². The lowest BCUT2D eigenvalue weighted by molar-refractivity contribution is -0.122. The zero-order chi connectivity index (χ0) is 14.0. The van der Waals surface area contributed by atoms with E-state index in [0.29, 0.717) is 11.9 Å². The summed E-state index contributed by atoms with van der Waals surface area (Å²) in [5, 5.41) is 11.9. The van der Waals surface area contributed by atoms with Crippen LogP contribution in [0.2, 0.25) is 0 Å². The number of carbonyl (C=O) groups is 1. The van der Waals surface area contributed by atoms with Crippen LogP contribution in [0, 0.1) is 6.92 Å². The molecule has 6 nitrogen and oxygen atoms in total. The fraction of sp³-hybridized carbons (Fsp3) is 0.700. The zero-order valence-corrected chi connectivity index (χ0v) is 10.3. The fourth-order valence-electron chi connectivity index (χ4n) is 1.74. The average Bonchev–Trinajstić information content (AvgIpc) is 3.08. The first kappa shape index (κ1) is 13.6. The number of alkyl halides is 3. The van der Waals surface area contributed by atoms with Crippen molar-refractivity contribution in [3.8, 4) is 0 Å². The highest BCUT2D eigenvalue weighted by molar-refractivity contribution is 5.73. The second-order valence-electron chi connectivity index (χ2n) is 4.42. The summed E-state index contributed by atoms with van der Waals surface area (Å²) in [6.45, 7) is 0.507. The van der Waals surface area contributed by atoms with Crippen molar-refractivity contribution in [2.45, 2.75) is 38.5 Å². The maximum atomic E-state index is 11.9. The van der Waals surface area contributed by atoms with Crippen LogP contribution < -0.4 is 10.6 Å². The minimum Gasteiger partial charge on any atom is -0.331 e. The largest absolute Gasteiger partial charge is 0.405 e. The van der Waals surface area contributed by atoms with Gasteiger partial charge in [-0.25, -0.2) is 4.79 Å². The number of hydrogen-bond donors (Lipinski definition) is 2. The van der Waals surface area contributed by atoms with Gasteiger partial charge in [-0.2, -0.15) is 13.2 Å². The van der Waals surface area contributed by atoms with Gasteiger partial charge in [-0.3, -0.25) is 0 Å². The smallest absolute Gasteiger partial charge is 0.331 e. The summed E-state index contributed by atoms with van der Waals surface area (Å²) in [6, 6.07) is -0.523. The second-order valence-corrected chi connectivity index (χ2v) is 4.42. The van der Waals surface area contributed by atoms with E-state index in [2.05, 4.69) is 15.5 Å². The van der Waals surface area contributed by atoms with Crippen LogP contribution in [0.4, 0.5) is 18.0 Å². The minimum atomic E-state index is -4.41. The number of aromatic nitrogens is 3. The van der Waals surface area contributed by atoms with Crippen molar-refractivity contribution in [1.82, 2.24) is 25.4 Å². The molecule has 9 heteroatoms. The van der Waals surface area contributed by atoms with Gasteiger partial charge in [0.1, 0.15) is 12.4 Å². The number of hydrogen-bond acceptors (Lipinski definition) is 3. The predicted octanol–water partition coefficient (Wildman–Crippen LogP) is 1.28. The third kappa shape index (κ3) is 3.83. The normalized spacial score (nSPS) is 15.4. The fourth-order valence-corrected chi connectivity index (χ4v) is 1.74. The van der Waals surface area contributed by atoms with Crippen molar-refractivity contribution < 1.29 is 18.0 Å². The topological polar surface area (TPSA) is 71.8 Å². The summed E-state index contributed by atoms with van der Waals surface area (Å²) in [4.78, 5) is 11.2. The van der Waals surface area contributed by atoms with Gasteiger partial charge in [0.25, 0.3) is 0 Å². The molecular weight excluding hydrogens is 263 g/mol. The van der Waals surface area contributed by atoms with Crippen LogP contribution in [0.5, 0.6) is 0 Å². The van der Waals surface area contributed by atoms with Crippen LogP contribution in [-0.2, 0) is 6.54 Å². The molecule has 19 heavy (non-hydrogen) atoms. The lowest BCUT2D eigenvalue weighted by atomic mass is 10.5. The van der Waals surface area contributed by atoms with Gasteiger partial charge in [0.15, 0.2) is 5.82 Å². The van der Waals surface area contributed by atoms with Crippen molar-refractivity contribution in [2.24, 2.45) is 0 Å². The number of nitrogens with zero attached hydrogens (tertiary/aromatic N) is 3. The van der Waals surface area contributed by atoms with Gasteiger partial charge in [0.05, 0.1) is 6.54 Å². The Morgan fingerprint density at radius 2 is 2.05 bits per heavy atom. The molecule has 2 rings (SSSR count). The number of urea groups is 1. The van der Waals surface area contributed by atoms with Gasteiger partial charge in [-0.15, -0.1) is 10.2 Å². The molecule has 0 unspecified atom stereocenters. The van der Waals surface area contributed by atoms with Gasteiger partial charge >= 0.3 is 12.2 Å². The van der Waals surface area contributed by atoms with Gasteiger partial charge in [0.2, 0.25) is 0 Å². The van der Waals surface area contributed by atoms with Crippen molar-refractivity contribution in [2.75, 3.05) is 6.54 Å².